The van der Waals surface area contributed by atoms with E-state index in [0.717, 1.165) is 10.6 Å². The van der Waals surface area contributed by atoms with E-state index in [1.807, 2.05) is 17.5 Å². The molecule has 4 heterocycles. The molecule has 35 heavy (non-hydrogen) atoms. The number of nitrogens with two attached hydrogens (primary N) is 1. The monoisotopic (exact) mass is 525 g/mol. The molecule has 1 aliphatic heterocycles. The van der Waals surface area contributed by atoms with Crippen LogP contribution in [0.2, 0.25) is 0 Å². The molecule has 0 bridgehead atoms. The third kappa shape index (κ3) is 4.47. The maximum Gasteiger partial charge on any atom is 0.236 e. The number of allylic oxidation sites excluding steroid dienone is 3. The normalized spacial score (nSPS) is 18.0. The van der Waals surface area contributed by atoms with Crippen molar-refractivity contribution in [2.24, 2.45) is 5.73 Å². The number of nitrogens with zero attached hydrogens (tertiary/aromatic N) is 5. The topological polar surface area (TPSA) is 151 Å². The van der Waals surface area contributed by atoms with Crippen LogP contribution in [0.1, 0.15) is 35.8 Å². The molecule has 1 amide bonds. The number of nitriles is 1. The molecule has 0 saturated heterocycles. The van der Waals surface area contributed by atoms with Crippen LogP contribution in [0.25, 0.3) is 0 Å². The summed E-state index contributed by atoms with van der Waals surface area (Å²) in [6, 6.07) is 7.69. The molecule has 1 atom stereocenters. The van der Waals surface area contributed by atoms with Crippen LogP contribution < -0.4 is 16.0 Å². The molecule has 13 heteroatoms. The molecule has 0 radical (unpaired) electrons. The van der Waals surface area contributed by atoms with E-state index in [2.05, 4.69) is 26.7 Å². The lowest BCUT2D eigenvalue weighted by molar-refractivity contribution is -0.116. The van der Waals surface area contributed by atoms with E-state index in [1.54, 1.807) is 17.9 Å². The second-order valence-electron chi connectivity index (χ2n) is 7.84. The zero-order valence-corrected chi connectivity index (χ0v) is 20.9. The molecule has 3 aromatic rings. The minimum Gasteiger partial charge on any atom is -0.384 e. The van der Waals surface area contributed by atoms with Crippen LogP contribution in [0.15, 0.2) is 55.1 Å². The first-order valence-electron chi connectivity index (χ1n) is 10.6. The minimum absolute atomic E-state index is 0.0220. The van der Waals surface area contributed by atoms with Gasteiger partial charge in [-0.2, -0.15) is 5.26 Å². The summed E-state index contributed by atoms with van der Waals surface area (Å²) in [5.74, 6) is 0.600. The molecule has 1 unspecified atom stereocenters. The zero-order valence-electron chi connectivity index (χ0n) is 18.5. The molecule has 10 nitrogen and oxygen atoms in total. The van der Waals surface area contributed by atoms with Gasteiger partial charge >= 0.3 is 0 Å². The highest BCUT2D eigenvalue weighted by Crippen LogP contribution is 2.47. The first-order valence-corrected chi connectivity index (χ1v) is 13.3. The number of hydrogen-bond acceptors (Lipinski definition) is 12. The summed E-state index contributed by atoms with van der Waals surface area (Å²) >= 11 is 3.97. The summed E-state index contributed by atoms with van der Waals surface area (Å²) in [6.07, 6.45) is 1.77. The second kappa shape index (κ2) is 9.65. The van der Waals surface area contributed by atoms with E-state index in [4.69, 9.17) is 10.3 Å². The van der Waals surface area contributed by atoms with Gasteiger partial charge in [0.15, 0.2) is 15.9 Å². The maximum absolute atomic E-state index is 13.1. The predicted molar refractivity (Wildman–Crippen MR) is 133 cm³/mol. The number of thiophene rings is 1. The van der Waals surface area contributed by atoms with Crippen molar-refractivity contribution in [2.45, 2.75) is 36.4 Å². The van der Waals surface area contributed by atoms with Crippen LogP contribution in [0.5, 0.6) is 0 Å². The third-order valence-corrected chi connectivity index (χ3v) is 8.53. The Morgan fingerprint density at radius 3 is 3.00 bits per heavy atom. The van der Waals surface area contributed by atoms with Gasteiger partial charge in [-0.3, -0.25) is 14.5 Å². The van der Waals surface area contributed by atoms with Crippen molar-refractivity contribution < 1.29 is 14.1 Å². The van der Waals surface area contributed by atoms with Crippen molar-refractivity contribution in [1.29, 1.82) is 5.26 Å². The van der Waals surface area contributed by atoms with Crippen molar-refractivity contribution in [3.05, 3.63) is 56.9 Å². The molecule has 0 spiro atoms. The van der Waals surface area contributed by atoms with Crippen LogP contribution in [0.4, 0.5) is 10.9 Å². The van der Waals surface area contributed by atoms with Gasteiger partial charge in [0, 0.05) is 28.6 Å². The van der Waals surface area contributed by atoms with Crippen molar-refractivity contribution in [2.75, 3.05) is 16.0 Å². The van der Waals surface area contributed by atoms with Crippen LogP contribution in [0.3, 0.4) is 0 Å². The zero-order chi connectivity index (χ0) is 24.5. The first kappa shape index (κ1) is 23.3. The Morgan fingerprint density at radius 2 is 2.29 bits per heavy atom. The van der Waals surface area contributed by atoms with Crippen molar-refractivity contribution in [3.8, 4) is 6.07 Å². The molecule has 5 rings (SSSR count). The predicted octanol–water partition coefficient (Wildman–Crippen LogP) is 3.93. The number of Topliss-reactive ketones (excluding diaryl/α,β-unsaturated/α-hetero) is 1. The van der Waals surface area contributed by atoms with E-state index in [1.165, 1.54) is 34.4 Å². The van der Waals surface area contributed by atoms with Gasteiger partial charge in [-0.05, 0) is 31.2 Å². The van der Waals surface area contributed by atoms with Gasteiger partial charge in [0.25, 0.3) is 0 Å². The van der Waals surface area contributed by atoms with Crippen LogP contribution in [0, 0.1) is 18.3 Å². The summed E-state index contributed by atoms with van der Waals surface area (Å²) in [6.45, 7) is 1.74. The van der Waals surface area contributed by atoms with Gasteiger partial charge in [-0.25, -0.2) is 0 Å². The lowest BCUT2D eigenvalue weighted by atomic mass is 9.78. The highest BCUT2D eigenvalue weighted by atomic mass is 32.2. The van der Waals surface area contributed by atoms with Crippen molar-refractivity contribution >= 4 is 57.1 Å². The average Bonchev–Trinajstić information content (AvgIpc) is 3.60. The molecule has 2 aliphatic rings. The minimum atomic E-state index is -0.468. The molecule has 3 aromatic heterocycles. The van der Waals surface area contributed by atoms with Crippen molar-refractivity contribution in [3.63, 3.8) is 0 Å². The number of aryl methyl sites for hydroxylation is 1. The van der Waals surface area contributed by atoms with E-state index in [0.29, 0.717) is 51.5 Å². The van der Waals surface area contributed by atoms with Crippen LogP contribution in [-0.2, 0) is 9.59 Å². The van der Waals surface area contributed by atoms with Gasteiger partial charge in [0.2, 0.25) is 11.0 Å². The van der Waals surface area contributed by atoms with E-state index >= 15 is 0 Å². The smallest absolute Gasteiger partial charge is 0.236 e. The third-order valence-electron chi connectivity index (χ3n) is 5.55. The fraction of sp³-hybridized carbons (Fsp3) is 0.273. The van der Waals surface area contributed by atoms with E-state index in [9.17, 15) is 14.9 Å². The van der Waals surface area contributed by atoms with Gasteiger partial charge < -0.3 is 15.6 Å². The number of ketones is 1. The average molecular weight is 526 g/mol. The number of carbonyl (C=O) groups excluding carboxylic acids is 2. The molecule has 3 N–H and O–H groups in total. The summed E-state index contributed by atoms with van der Waals surface area (Å²) in [7, 11) is 0. The Balaban J connectivity index is 1.41. The maximum atomic E-state index is 13.1. The largest absolute Gasteiger partial charge is 0.384 e. The lowest BCUT2D eigenvalue weighted by Gasteiger charge is -2.37. The molecular weight excluding hydrogens is 506 g/mol. The summed E-state index contributed by atoms with van der Waals surface area (Å²) in [5, 5.41) is 27.3. The second-order valence-corrected chi connectivity index (χ2v) is 11.0. The van der Waals surface area contributed by atoms with Crippen molar-refractivity contribution in [1.82, 2.24) is 15.4 Å². The van der Waals surface area contributed by atoms with Crippen LogP contribution >= 0.6 is 34.4 Å². The Kier molecular flexibility index (Phi) is 6.42. The highest BCUT2D eigenvalue weighted by molar-refractivity contribution is 8.01. The molecule has 178 valence electrons. The number of hydrogen-bond donors (Lipinski definition) is 2. The molecular formula is C22H19N7O3S3. The van der Waals surface area contributed by atoms with Crippen LogP contribution in [-0.4, -0.2) is 32.8 Å². The van der Waals surface area contributed by atoms with E-state index < -0.39 is 5.92 Å². The van der Waals surface area contributed by atoms with Gasteiger partial charge in [0.05, 0.1) is 23.3 Å². The summed E-state index contributed by atoms with van der Waals surface area (Å²) in [5.41, 5.74) is 8.23. The number of aromatic nitrogens is 3. The number of rotatable bonds is 6. The standard InChI is InChI=1S/C22H19N7O3S3/c1-11-8-16(28-32-11)25-17(31)10-34-22-27-26-21(35-22)29-13-4-2-5-14(30)19(13)18(12(9-23)20(29)24)15-6-3-7-33-15/h3,6-8,18H,2,4-5,10,24H2,1H3,(H,25,28,31). The molecule has 0 saturated carbocycles. The highest BCUT2D eigenvalue weighted by Gasteiger charge is 2.41. The summed E-state index contributed by atoms with van der Waals surface area (Å²) in [4.78, 5) is 27.9. The quantitative estimate of drug-likeness (QED) is 0.453. The number of amides is 1. The van der Waals surface area contributed by atoms with Gasteiger partial charge in [0.1, 0.15) is 11.6 Å². The van der Waals surface area contributed by atoms with Gasteiger partial charge in [-0.15, -0.1) is 21.5 Å². The Labute approximate surface area is 212 Å². The molecule has 0 fully saturated rings. The number of thioether (sulfide) groups is 1. The van der Waals surface area contributed by atoms with E-state index in [-0.39, 0.29) is 23.3 Å². The number of anilines is 2. The Morgan fingerprint density at radius 1 is 1.43 bits per heavy atom. The fourth-order valence-corrected chi connectivity index (χ4v) is 6.65. The van der Waals surface area contributed by atoms with Gasteiger partial charge in [-0.1, -0.05) is 34.3 Å². The molecule has 1 aliphatic carbocycles. The number of nitrogens with one attached hydrogen (secondary N) is 1. The fourth-order valence-electron chi connectivity index (χ4n) is 4.13. The number of carbonyl (C=O) groups is 2. The Bertz CT molecular complexity index is 1400. The Hall–Kier alpha value is -3.47. The molecule has 0 aromatic carbocycles. The SMILES string of the molecule is Cc1cc(NC(=O)CSc2nnc(N3C(N)=C(C#N)C(c4cccs4)C4=C3CCCC4=O)s2)no1. The first-order chi connectivity index (χ1) is 17.0. The lowest BCUT2D eigenvalue weighted by Crippen LogP contribution is -2.38. The summed E-state index contributed by atoms with van der Waals surface area (Å²) < 4.78 is 5.50.